The third-order valence-corrected chi connectivity index (χ3v) is 5.43. The van der Waals surface area contributed by atoms with Crippen LogP contribution in [-0.2, 0) is 22.7 Å². The Hall–Kier alpha value is -3.60. The molecule has 1 aromatic heterocycles. The second-order valence-corrected chi connectivity index (χ2v) is 7.45. The number of anilines is 1. The lowest BCUT2D eigenvalue weighted by Crippen LogP contribution is -2.37. The van der Waals surface area contributed by atoms with Gasteiger partial charge in [0.2, 0.25) is 5.91 Å². The highest BCUT2D eigenvalue weighted by molar-refractivity contribution is 6.01. The van der Waals surface area contributed by atoms with Gasteiger partial charge < -0.3 is 20.3 Å². The molecule has 3 rings (SSSR count). The first-order valence-electron chi connectivity index (χ1n) is 10.4. The van der Waals surface area contributed by atoms with Crippen molar-refractivity contribution in [1.29, 1.82) is 0 Å². The Bertz CT molecular complexity index is 991. The minimum absolute atomic E-state index is 0.149. The topological polar surface area (TPSA) is 96.3 Å². The van der Waals surface area contributed by atoms with Crippen molar-refractivity contribution in [3.63, 3.8) is 0 Å². The minimum atomic E-state index is -0.618. The molecule has 1 aliphatic heterocycles. The molecule has 8 heteroatoms. The molecule has 0 aliphatic carbocycles. The zero-order valence-corrected chi connectivity index (χ0v) is 17.6. The molecular formula is C23H27N5O3. The third-order valence-electron chi connectivity index (χ3n) is 5.43. The number of amides is 2. The molecule has 0 saturated carbocycles. The van der Waals surface area contributed by atoms with Gasteiger partial charge in [-0.1, -0.05) is 12.0 Å². The van der Waals surface area contributed by atoms with Crippen LogP contribution in [0.1, 0.15) is 47.2 Å². The summed E-state index contributed by atoms with van der Waals surface area (Å²) < 4.78 is 1.84. The van der Waals surface area contributed by atoms with Crippen molar-refractivity contribution in [2.24, 2.45) is 0 Å². The summed E-state index contributed by atoms with van der Waals surface area (Å²) in [6.07, 6.45) is 12.0. The molecule has 0 fully saturated rings. The van der Waals surface area contributed by atoms with Gasteiger partial charge in [0.05, 0.1) is 17.8 Å². The van der Waals surface area contributed by atoms with Crippen LogP contribution in [-0.4, -0.2) is 52.4 Å². The van der Waals surface area contributed by atoms with E-state index < -0.39 is 6.04 Å². The van der Waals surface area contributed by atoms with Crippen LogP contribution in [0.2, 0.25) is 0 Å². The van der Waals surface area contributed by atoms with Crippen molar-refractivity contribution in [2.45, 2.75) is 44.8 Å². The number of nitrogens with one attached hydrogen (secondary N) is 2. The lowest BCUT2D eigenvalue weighted by molar-refractivity contribution is -0.121. The molecule has 0 radical (unpaired) electrons. The van der Waals surface area contributed by atoms with Gasteiger partial charge in [-0.15, -0.1) is 6.42 Å². The number of nitrogens with zero attached hydrogens (tertiary/aromatic N) is 3. The van der Waals surface area contributed by atoms with E-state index in [0.29, 0.717) is 18.5 Å². The van der Waals surface area contributed by atoms with Gasteiger partial charge in [-0.25, -0.2) is 0 Å². The number of fused-ring (bicyclic) bond motifs is 1. The number of carbonyl (C=O) groups is 3. The molecule has 0 spiro atoms. The van der Waals surface area contributed by atoms with Crippen molar-refractivity contribution in [3.8, 4) is 12.3 Å². The van der Waals surface area contributed by atoms with Gasteiger partial charge in [0.25, 0.3) is 5.91 Å². The van der Waals surface area contributed by atoms with Crippen molar-refractivity contribution < 1.29 is 14.4 Å². The number of aldehydes is 1. The summed E-state index contributed by atoms with van der Waals surface area (Å²) in [6, 6.07) is 4.95. The number of terminal acetylenes is 1. The van der Waals surface area contributed by atoms with Crippen LogP contribution in [0.3, 0.4) is 0 Å². The first kappa shape index (κ1) is 22.1. The van der Waals surface area contributed by atoms with E-state index >= 15 is 0 Å². The highest BCUT2D eigenvalue weighted by atomic mass is 16.2. The molecule has 2 N–H and O–H groups in total. The van der Waals surface area contributed by atoms with Gasteiger partial charge in [0.15, 0.2) is 0 Å². The van der Waals surface area contributed by atoms with Gasteiger partial charge in [0.1, 0.15) is 6.29 Å². The fraction of sp³-hybridized carbons (Fsp3) is 0.391. The largest absolute Gasteiger partial charge is 0.385 e. The summed E-state index contributed by atoms with van der Waals surface area (Å²) in [4.78, 5) is 37.5. The Kier molecular flexibility index (Phi) is 7.44. The summed E-state index contributed by atoms with van der Waals surface area (Å²) in [5.41, 5.74) is 3.18. The molecule has 2 heterocycles. The number of aromatic nitrogens is 2. The summed E-state index contributed by atoms with van der Waals surface area (Å²) in [7, 11) is 1.55. The predicted molar refractivity (Wildman–Crippen MR) is 117 cm³/mol. The highest BCUT2D eigenvalue weighted by Crippen LogP contribution is 2.31. The molecule has 8 nitrogen and oxygen atoms in total. The fourth-order valence-electron chi connectivity index (χ4n) is 3.67. The molecule has 31 heavy (non-hydrogen) atoms. The number of benzene rings is 1. The average Bonchev–Trinajstić information content (AvgIpc) is 3.39. The molecule has 162 valence electrons. The van der Waals surface area contributed by atoms with Gasteiger partial charge in [-0.05, 0) is 31.4 Å². The van der Waals surface area contributed by atoms with Crippen molar-refractivity contribution >= 4 is 23.8 Å². The Morgan fingerprint density at radius 3 is 2.94 bits per heavy atom. The molecule has 2 aromatic rings. The molecule has 0 bridgehead atoms. The van der Waals surface area contributed by atoms with E-state index in [2.05, 4.69) is 21.7 Å². The number of carbonyl (C=O) groups excluding carboxylic acids is 3. The van der Waals surface area contributed by atoms with E-state index in [1.807, 2.05) is 23.0 Å². The molecule has 1 atom stereocenters. The fourth-order valence-corrected chi connectivity index (χ4v) is 3.67. The maximum atomic E-state index is 12.8. The van der Waals surface area contributed by atoms with Crippen LogP contribution in [0.4, 0.5) is 5.69 Å². The summed E-state index contributed by atoms with van der Waals surface area (Å²) in [5.74, 6) is 2.24. The van der Waals surface area contributed by atoms with Crippen LogP contribution in [0.25, 0.3) is 0 Å². The van der Waals surface area contributed by atoms with Gasteiger partial charge in [0, 0.05) is 56.1 Å². The van der Waals surface area contributed by atoms with Crippen molar-refractivity contribution in [1.82, 2.24) is 20.0 Å². The van der Waals surface area contributed by atoms with E-state index in [9.17, 15) is 14.4 Å². The summed E-state index contributed by atoms with van der Waals surface area (Å²) in [6.45, 7) is 1.90. The highest BCUT2D eigenvalue weighted by Gasteiger charge is 2.34. The second kappa shape index (κ2) is 10.4. The van der Waals surface area contributed by atoms with Crippen LogP contribution in [0.15, 0.2) is 30.6 Å². The Balaban J connectivity index is 1.55. The molecule has 0 saturated heterocycles. The van der Waals surface area contributed by atoms with Crippen LogP contribution >= 0.6 is 0 Å². The second-order valence-electron chi connectivity index (χ2n) is 7.45. The maximum absolute atomic E-state index is 12.8. The zero-order chi connectivity index (χ0) is 22.2. The van der Waals surface area contributed by atoms with E-state index in [1.54, 1.807) is 24.2 Å². The number of aryl methyl sites for hydroxylation is 1. The summed E-state index contributed by atoms with van der Waals surface area (Å²) in [5, 5.41) is 10.2. The monoisotopic (exact) mass is 421 g/mol. The quantitative estimate of drug-likeness (QED) is 0.328. The maximum Gasteiger partial charge on any atom is 0.255 e. The van der Waals surface area contributed by atoms with Crippen molar-refractivity contribution in [3.05, 3.63) is 47.3 Å². The molecule has 1 unspecified atom stereocenters. The third kappa shape index (κ3) is 5.31. The smallest absolute Gasteiger partial charge is 0.255 e. The SMILES string of the molecule is C#Cc1cnn(CCCCNc2cccc3c2CN(C(C=O)CCC(=O)NC)C3=O)c1. The molecule has 1 aliphatic rings. The first-order valence-corrected chi connectivity index (χ1v) is 10.4. The van der Waals surface area contributed by atoms with Gasteiger partial charge >= 0.3 is 0 Å². The van der Waals surface area contributed by atoms with E-state index in [0.717, 1.165) is 49.0 Å². The van der Waals surface area contributed by atoms with Crippen molar-refractivity contribution in [2.75, 3.05) is 18.9 Å². The molecular weight excluding hydrogens is 394 g/mol. The normalized spacial score (nSPS) is 13.4. The minimum Gasteiger partial charge on any atom is -0.385 e. The van der Waals surface area contributed by atoms with Crippen LogP contribution < -0.4 is 10.6 Å². The Morgan fingerprint density at radius 2 is 2.23 bits per heavy atom. The van der Waals surface area contributed by atoms with Gasteiger partial charge in [-0.3, -0.25) is 14.3 Å². The number of hydrogen-bond acceptors (Lipinski definition) is 5. The standard InChI is InChI=1S/C23H27N5O3/c1-3-17-13-26-27(14-17)12-5-4-11-25-21-8-6-7-19-20(21)15-28(23(19)31)18(16-29)9-10-22(30)24-2/h1,6-8,13-14,16,18,25H,4-5,9-12,15H2,2H3,(H,24,30). The molecule has 2 amide bonds. The Morgan fingerprint density at radius 1 is 1.39 bits per heavy atom. The van der Waals surface area contributed by atoms with E-state index in [4.69, 9.17) is 6.42 Å². The summed E-state index contributed by atoms with van der Waals surface area (Å²) >= 11 is 0. The van der Waals surface area contributed by atoms with Crippen LogP contribution in [0, 0.1) is 12.3 Å². The lowest BCUT2D eigenvalue weighted by atomic mass is 10.1. The Labute approximate surface area is 182 Å². The number of rotatable bonds is 11. The number of unbranched alkanes of at least 4 members (excludes halogenated alkanes) is 1. The predicted octanol–water partition coefficient (Wildman–Crippen LogP) is 1.81. The van der Waals surface area contributed by atoms with E-state index in [-0.39, 0.29) is 18.2 Å². The van der Waals surface area contributed by atoms with E-state index in [1.165, 1.54) is 0 Å². The van der Waals surface area contributed by atoms with Crippen LogP contribution in [0.5, 0.6) is 0 Å². The zero-order valence-electron chi connectivity index (χ0n) is 17.6. The lowest BCUT2D eigenvalue weighted by Gasteiger charge is -2.22. The molecule has 1 aromatic carbocycles. The average molecular weight is 422 g/mol. The first-order chi connectivity index (χ1) is 15.1. The van der Waals surface area contributed by atoms with Gasteiger partial charge in [-0.2, -0.15) is 5.10 Å². The number of hydrogen-bond donors (Lipinski definition) is 2.